The molecule has 1 rings (SSSR count). The van der Waals surface area contributed by atoms with Crippen molar-refractivity contribution in [2.24, 2.45) is 0 Å². The minimum absolute atomic E-state index is 0.105. The summed E-state index contributed by atoms with van der Waals surface area (Å²) in [5.74, 6) is -0.105. The van der Waals surface area contributed by atoms with E-state index in [0.29, 0.717) is 12.2 Å². The van der Waals surface area contributed by atoms with Gasteiger partial charge in [-0.3, -0.25) is 4.79 Å². The first-order valence-electron chi connectivity index (χ1n) is 4.05. The molecule has 0 aliphatic carbocycles. The van der Waals surface area contributed by atoms with E-state index in [-0.39, 0.29) is 5.91 Å². The number of aryl methyl sites for hydroxylation is 1. The Balaban J connectivity index is 2.44. The van der Waals surface area contributed by atoms with E-state index in [0.717, 1.165) is 11.4 Å². The first-order chi connectivity index (χ1) is 6.24. The largest absolute Gasteiger partial charge is 0.350 e. The molecule has 1 amide bonds. The summed E-state index contributed by atoms with van der Waals surface area (Å²) in [6, 6.07) is 0. The lowest BCUT2D eigenvalue weighted by atomic mass is 10.4. The molecular formula is C9H12N2OS. The second-order valence-electron chi connectivity index (χ2n) is 2.59. The fraction of sp³-hybridized carbons (Fsp3) is 0.333. The average Bonchev–Trinajstić information content (AvgIpc) is 2.52. The Kier molecular flexibility index (Phi) is 3.64. The van der Waals surface area contributed by atoms with Crippen LogP contribution in [0.2, 0.25) is 0 Å². The van der Waals surface area contributed by atoms with Crippen LogP contribution in [0.25, 0.3) is 0 Å². The van der Waals surface area contributed by atoms with Crippen LogP contribution in [0.4, 0.5) is 0 Å². The van der Waals surface area contributed by atoms with Gasteiger partial charge in [0, 0.05) is 11.9 Å². The molecule has 1 N–H and O–H groups in total. The van der Waals surface area contributed by atoms with E-state index in [1.807, 2.05) is 6.92 Å². The number of aromatic nitrogens is 1. The van der Waals surface area contributed by atoms with E-state index in [1.165, 1.54) is 11.3 Å². The highest BCUT2D eigenvalue weighted by atomic mass is 32.1. The molecular weight excluding hydrogens is 184 g/mol. The maximum Gasteiger partial charge on any atom is 0.270 e. The van der Waals surface area contributed by atoms with Gasteiger partial charge < -0.3 is 5.32 Å². The third-order valence-corrected chi connectivity index (χ3v) is 2.26. The molecule has 0 saturated carbocycles. The number of carbonyl (C=O) groups is 1. The number of thiazole rings is 1. The van der Waals surface area contributed by atoms with Crippen molar-refractivity contribution in [1.29, 1.82) is 0 Å². The first-order valence-corrected chi connectivity index (χ1v) is 4.93. The molecule has 0 aromatic carbocycles. The van der Waals surface area contributed by atoms with Crippen molar-refractivity contribution in [3.8, 4) is 0 Å². The van der Waals surface area contributed by atoms with E-state index >= 15 is 0 Å². The Morgan fingerprint density at radius 2 is 2.62 bits per heavy atom. The summed E-state index contributed by atoms with van der Waals surface area (Å²) in [6.45, 7) is 6.07. The zero-order valence-electron chi connectivity index (χ0n) is 7.54. The Morgan fingerprint density at radius 3 is 3.15 bits per heavy atom. The molecule has 0 radical (unpaired) electrons. The lowest BCUT2D eigenvalue weighted by Crippen LogP contribution is -2.24. The lowest BCUT2D eigenvalue weighted by Gasteiger charge is -1.98. The predicted octanol–water partition coefficient (Wildman–Crippen LogP) is 1.76. The third kappa shape index (κ3) is 2.99. The summed E-state index contributed by atoms with van der Waals surface area (Å²) >= 11 is 1.48. The van der Waals surface area contributed by atoms with Crippen LogP contribution in [0, 0.1) is 6.92 Å². The highest BCUT2D eigenvalue weighted by Crippen LogP contribution is 2.07. The average molecular weight is 196 g/mol. The Hall–Kier alpha value is -1.16. The first kappa shape index (κ1) is 9.92. The van der Waals surface area contributed by atoms with Gasteiger partial charge in [-0.15, -0.1) is 17.9 Å². The summed E-state index contributed by atoms with van der Waals surface area (Å²) in [6.07, 6.45) is 2.56. The molecule has 13 heavy (non-hydrogen) atoms. The molecule has 4 heteroatoms. The Bertz CT molecular complexity index is 306. The van der Waals surface area contributed by atoms with Crippen molar-refractivity contribution in [3.05, 3.63) is 28.7 Å². The highest BCUT2D eigenvalue weighted by Gasteiger charge is 2.07. The number of amides is 1. The third-order valence-electron chi connectivity index (χ3n) is 1.49. The SMILES string of the molecule is C=CCCNC(=O)c1csc(C)n1. The topological polar surface area (TPSA) is 42.0 Å². The van der Waals surface area contributed by atoms with Crippen LogP contribution < -0.4 is 5.32 Å². The fourth-order valence-electron chi connectivity index (χ4n) is 0.846. The predicted molar refractivity (Wildman–Crippen MR) is 54.0 cm³/mol. The van der Waals surface area contributed by atoms with Gasteiger partial charge in [-0.2, -0.15) is 0 Å². The van der Waals surface area contributed by atoms with Crippen molar-refractivity contribution < 1.29 is 4.79 Å². The molecule has 1 aromatic heterocycles. The minimum atomic E-state index is -0.105. The number of nitrogens with zero attached hydrogens (tertiary/aromatic N) is 1. The zero-order valence-corrected chi connectivity index (χ0v) is 8.36. The highest BCUT2D eigenvalue weighted by molar-refractivity contribution is 7.09. The summed E-state index contributed by atoms with van der Waals surface area (Å²) in [5.41, 5.74) is 0.506. The van der Waals surface area contributed by atoms with E-state index in [9.17, 15) is 4.79 Å². The smallest absolute Gasteiger partial charge is 0.270 e. The summed E-state index contributed by atoms with van der Waals surface area (Å²) in [7, 11) is 0. The van der Waals surface area contributed by atoms with Gasteiger partial charge in [0.25, 0.3) is 5.91 Å². The quantitative estimate of drug-likeness (QED) is 0.589. The summed E-state index contributed by atoms with van der Waals surface area (Å²) in [4.78, 5) is 15.4. The molecule has 0 unspecified atom stereocenters. The zero-order chi connectivity index (χ0) is 9.68. The van der Waals surface area contributed by atoms with Gasteiger partial charge in [0.15, 0.2) is 0 Å². The van der Waals surface area contributed by atoms with Gasteiger partial charge in [0.1, 0.15) is 5.69 Å². The van der Waals surface area contributed by atoms with Crippen LogP contribution in [0.5, 0.6) is 0 Å². The molecule has 0 aliphatic rings. The maximum atomic E-state index is 11.3. The Labute approximate surface area is 81.5 Å². The van der Waals surface area contributed by atoms with Crippen molar-refractivity contribution in [2.45, 2.75) is 13.3 Å². The van der Waals surface area contributed by atoms with Crippen LogP contribution in [-0.2, 0) is 0 Å². The molecule has 0 spiro atoms. The number of rotatable bonds is 4. The van der Waals surface area contributed by atoms with Gasteiger partial charge in [0.05, 0.1) is 5.01 Å². The molecule has 0 fully saturated rings. The van der Waals surface area contributed by atoms with Crippen LogP contribution in [-0.4, -0.2) is 17.4 Å². The van der Waals surface area contributed by atoms with Crippen molar-refractivity contribution in [3.63, 3.8) is 0 Å². The molecule has 70 valence electrons. The summed E-state index contributed by atoms with van der Waals surface area (Å²) < 4.78 is 0. The molecule has 0 bridgehead atoms. The van der Waals surface area contributed by atoms with Crippen molar-refractivity contribution in [2.75, 3.05) is 6.54 Å². The van der Waals surface area contributed by atoms with Gasteiger partial charge in [0.2, 0.25) is 0 Å². The molecule has 0 atom stereocenters. The molecule has 3 nitrogen and oxygen atoms in total. The maximum absolute atomic E-state index is 11.3. The van der Waals surface area contributed by atoms with Gasteiger partial charge in [-0.05, 0) is 13.3 Å². The number of carbonyl (C=O) groups excluding carboxylic acids is 1. The van der Waals surface area contributed by atoms with E-state index < -0.39 is 0 Å². The van der Waals surface area contributed by atoms with Crippen LogP contribution >= 0.6 is 11.3 Å². The second kappa shape index (κ2) is 4.77. The number of hydrogen-bond donors (Lipinski definition) is 1. The van der Waals surface area contributed by atoms with Gasteiger partial charge in [-0.1, -0.05) is 6.08 Å². The van der Waals surface area contributed by atoms with Gasteiger partial charge >= 0.3 is 0 Å². The number of hydrogen-bond acceptors (Lipinski definition) is 3. The monoisotopic (exact) mass is 196 g/mol. The van der Waals surface area contributed by atoms with Crippen molar-refractivity contribution >= 4 is 17.2 Å². The van der Waals surface area contributed by atoms with Gasteiger partial charge in [-0.25, -0.2) is 4.98 Å². The molecule has 1 aromatic rings. The van der Waals surface area contributed by atoms with E-state index in [1.54, 1.807) is 11.5 Å². The molecule has 1 heterocycles. The van der Waals surface area contributed by atoms with Crippen LogP contribution in [0.1, 0.15) is 21.9 Å². The Morgan fingerprint density at radius 1 is 1.85 bits per heavy atom. The van der Waals surface area contributed by atoms with E-state index in [4.69, 9.17) is 0 Å². The normalized spacial score (nSPS) is 9.62. The fourth-order valence-corrected chi connectivity index (χ4v) is 1.44. The van der Waals surface area contributed by atoms with Crippen LogP contribution in [0.3, 0.4) is 0 Å². The lowest BCUT2D eigenvalue weighted by molar-refractivity contribution is 0.0950. The minimum Gasteiger partial charge on any atom is -0.350 e. The summed E-state index contributed by atoms with van der Waals surface area (Å²) in [5, 5.41) is 5.42. The molecule has 0 aliphatic heterocycles. The molecule has 0 saturated heterocycles. The van der Waals surface area contributed by atoms with Crippen molar-refractivity contribution in [1.82, 2.24) is 10.3 Å². The second-order valence-corrected chi connectivity index (χ2v) is 3.65. The standard InChI is InChI=1S/C9H12N2OS/c1-3-4-5-10-9(12)8-6-13-7(2)11-8/h3,6H,1,4-5H2,2H3,(H,10,12). The number of nitrogens with one attached hydrogen (secondary N) is 1. The van der Waals surface area contributed by atoms with Crippen LogP contribution in [0.15, 0.2) is 18.0 Å². The van der Waals surface area contributed by atoms with E-state index in [2.05, 4.69) is 16.9 Å².